The van der Waals surface area contributed by atoms with Gasteiger partial charge in [-0.3, -0.25) is 9.59 Å². The highest BCUT2D eigenvalue weighted by atomic mass is 32.1. The Morgan fingerprint density at radius 3 is 2.29 bits per heavy atom. The summed E-state index contributed by atoms with van der Waals surface area (Å²) >= 11 is 1.56. The molecule has 2 amide bonds. The zero-order valence-corrected chi connectivity index (χ0v) is 13.1. The van der Waals surface area contributed by atoms with E-state index in [0.29, 0.717) is 26.2 Å². The number of benzene rings is 1. The summed E-state index contributed by atoms with van der Waals surface area (Å²) in [7, 11) is 0. The first-order valence-electron chi connectivity index (χ1n) is 7.11. The molecule has 0 bridgehead atoms. The molecule has 4 nitrogen and oxygen atoms in total. The van der Waals surface area contributed by atoms with Gasteiger partial charge in [0.1, 0.15) is 0 Å². The zero-order valence-electron chi connectivity index (χ0n) is 12.3. The number of carbonyl (C=O) groups is 2. The number of carbonyl (C=O) groups excluding carboxylic acids is 2. The highest BCUT2D eigenvalue weighted by Crippen LogP contribution is 2.31. The van der Waals surface area contributed by atoms with Crippen molar-refractivity contribution >= 4 is 33.2 Å². The molecule has 0 radical (unpaired) electrons. The van der Waals surface area contributed by atoms with Crippen LogP contribution in [0.1, 0.15) is 22.2 Å². The van der Waals surface area contributed by atoms with Gasteiger partial charge in [-0.1, -0.05) is 18.2 Å². The van der Waals surface area contributed by atoms with E-state index in [4.69, 9.17) is 0 Å². The van der Waals surface area contributed by atoms with E-state index in [2.05, 4.69) is 12.1 Å². The maximum absolute atomic E-state index is 12.7. The summed E-state index contributed by atoms with van der Waals surface area (Å²) in [6.45, 7) is 6.08. The molecule has 2 aromatic rings. The van der Waals surface area contributed by atoms with Crippen LogP contribution in [0.3, 0.4) is 0 Å². The second-order valence-corrected chi connectivity index (χ2v) is 6.40. The number of rotatable bonds is 1. The minimum Gasteiger partial charge on any atom is -0.339 e. The van der Waals surface area contributed by atoms with E-state index in [0.717, 1.165) is 20.5 Å². The summed E-state index contributed by atoms with van der Waals surface area (Å²) in [5.74, 6) is 0.178. The Balaban J connectivity index is 1.82. The standard InChI is InChI=1S/C16H18N2O2S/c1-11-13-5-3-4-6-14(13)21-15(11)16(20)18-9-7-17(8-10-18)12(2)19/h3-6H,7-10H2,1-2H3. The quantitative estimate of drug-likeness (QED) is 0.812. The fourth-order valence-electron chi connectivity index (χ4n) is 2.75. The molecule has 3 rings (SSSR count). The number of hydrogen-bond acceptors (Lipinski definition) is 3. The van der Waals surface area contributed by atoms with Gasteiger partial charge in [-0.05, 0) is 23.9 Å². The van der Waals surface area contributed by atoms with Gasteiger partial charge in [0.25, 0.3) is 5.91 Å². The molecule has 1 aliphatic rings. The molecule has 1 saturated heterocycles. The third kappa shape index (κ3) is 2.53. The Hall–Kier alpha value is -1.88. The number of fused-ring (bicyclic) bond motifs is 1. The van der Waals surface area contributed by atoms with Crippen molar-refractivity contribution < 1.29 is 9.59 Å². The largest absolute Gasteiger partial charge is 0.339 e. The monoisotopic (exact) mass is 302 g/mol. The molecule has 0 spiro atoms. The van der Waals surface area contributed by atoms with Gasteiger partial charge in [0.2, 0.25) is 5.91 Å². The molecular formula is C16H18N2O2S. The van der Waals surface area contributed by atoms with Crippen LogP contribution >= 0.6 is 11.3 Å². The van der Waals surface area contributed by atoms with E-state index in [1.165, 1.54) is 0 Å². The lowest BCUT2D eigenvalue weighted by Gasteiger charge is -2.34. The van der Waals surface area contributed by atoms with Crippen LogP contribution in [-0.2, 0) is 4.79 Å². The number of aryl methyl sites for hydroxylation is 1. The Morgan fingerprint density at radius 2 is 1.67 bits per heavy atom. The van der Waals surface area contributed by atoms with Crippen LogP contribution in [0.15, 0.2) is 24.3 Å². The second kappa shape index (κ2) is 5.48. The summed E-state index contributed by atoms with van der Waals surface area (Å²) in [6.07, 6.45) is 0. The molecule has 0 unspecified atom stereocenters. The Morgan fingerprint density at radius 1 is 1.05 bits per heavy atom. The summed E-state index contributed by atoms with van der Waals surface area (Å²) in [5, 5.41) is 1.16. The van der Waals surface area contributed by atoms with Crippen LogP contribution in [0.25, 0.3) is 10.1 Å². The minimum absolute atomic E-state index is 0.0835. The van der Waals surface area contributed by atoms with E-state index in [1.807, 2.05) is 24.0 Å². The lowest BCUT2D eigenvalue weighted by molar-refractivity contribution is -0.130. The first-order chi connectivity index (χ1) is 10.1. The van der Waals surface area contributed by atoms with Crippen LogP contribution in [0.4, 0.5) is 0 Å². The van der Waals surface area contributed by atoms with Crippen molar-refractivity contribution in [2.45, 2.75) is 13.8 Å². The molecule has 0 atom stereocenters. The van der Waals surface area contributed by atoms with Gasteiger partial charge in [0, 0.05) is 37.8 Å². The van der Waals surface area contributed by atoms with Gasteiger partial charge in [0.15, 0.2) is 0 Å². The SMILES string of the molecule is CC(=O)N1CCN(C(=O)c2sc3ccccc3c2C)CC1. The Bertz CT molecular complexity index is 699. The molecule has 1 aliphatic heterocycles. The lowest BCUT2D eigenvalue weighted by Crippen LogP contribution is -2.50. The van der Waals surface area contributed by atoms with Crippen molar-refractivity contribution in [3.8, 4) is 0 Å². The smallest absolute Gasteiger partial charge is 0.264 e. The highest BCUT2D eigenvalue weighted by Gasteiger charge is 2.25. The number of amides is 2. The summed E-state index contributed by atoms with van der Waals surface area (Å²) in [6, 6.07) is 8.11. The van der Waals surface area contributed by atoms with Crippen molar-refractivity contribution in [3.63, 3.8) is 0 Å². The molecule has 0 saturated carbocycles. The summed E-state index contributed by atoms with van der Waals surface area (Å²) in [5.41, 5.74) is 1.06. The molecule has 110 valence electrons. The number of hydrogen-bond donors (Lipinski definition) is 0. The second-order valence-electron chi connectivity index (χ2n) is 5.35. The Kier molecular flexibility index (Phi) is 3.68. The lowest BCUT2D eigenvalue weighted by atomic mass is 10.1. The van der Waals surface area contributed by atoms with Gasteiger partial charge in [0.05, 0.1) is 4.88 Å². The van der Waals surface area contributed by atoms with Crippen molar-refractivity contribution in [1.29, 1.82) is 0 Å². The van der Waals surface area contributed by atoms with Gasteiger partial charge in [-0.2, -0.15) is 0 Å². The van der Waals surface area contributed by atoms with Gasteiger partial charge < -0.3 is 9.80 Å². The first kappa shape index (κ1) is 14.1. The van der Waals surface area contributed by atoms with Crippen molar-refractivity contribution in [3.05, 3.63) is 34.7 Å². The normalized spacial score (nSPS) is 15.5. The number of piperazine rings is 1. The maximum Gasteiger partial charge on any atom is 0.264 e. The zero-order chi connectivity index (χ0) is 15.0. The molecule has 0 aliphatic carbocycles. The van der Waals surface area contributed by atoms with Crippen molar-refractivity contribution in [1.82, 2.24) is 9.80 Å². The molecule has 2 heterocycles. The fraction of sp³-hybridized carbons (Fsp3) is 0.375. The van der Waals surface area contributed by atoms with E-state index in [9.17, 15) is 9.59 Å². The number of nitrogens with zero attached hydrogens (tertiary/aromatic N) is 2. The van der Waals surface area contributed by atoms with E-state index < -0.39 is 0 Å². The molecule has 1 aromatic carbocycles. The van der Waals surface area contributed by atoms with Crippen LogP contribution in [0.2, 0.25) is 0 Å². The van der Waals surface area contributed by atoms with Crippen LogP contribution in [0.5, 0.6) is 0 Å². The number of thiophene rings is 1. The predicted molar refractivity (Wildman–Crippen MR) is 84.7 cm³/mol. The third-order valence-corrected chi connectivity index (χ3v) is 5.31. The third-order valence-electron chi connectivity index (χ3n) is 4.05. The average molecular weight is 302 g/mol. The highest BCUT2D eigenvalue weighted by molar-refractivity contribution is 7.21. The molecule has 21 heavy (non-hydrogen) atoms. The predicted octanol–water partition coefficient (Wildman–Crippen LogP) is 2.51. The van der Waals surface area contributed by atoms with Crippen LogP contribution in [0, 0.1) is 6.92 Å². The topological polar surface area (TPSA) is 40.6 Å². The Labute approximate surface area is 128 Å². The van der Waals surface area contributed by atoms with Crippen LogP contribution < -0.4 is 0 Å². The van der Waals surface area contributed by atoms with E-state index in [1.54, 1.807) is 23.2 Å². The molecule has 1 aromatic heterocycles. The van der Waals surface area contributed by atoms with Gasteiger partial charge in [-0.25, -0.2) is 0 Å². The molecule has 1 fully saturated rings. The van der Waals surface area contributed by atoms with Crippen molar-refractivity contribution in [2.75, 3.05) is 26.2 Å². The molecular weight excluding hydrogens is 284 g/mol. The van der Waals surface area contributed by atoms with Crippen molar-refractivity contribution in [2.24, 2.45) is 0 Å². The maximum atomic E-state index is 12.7. The van der Waals surface area contributed by atoms with Crippen LogP contribution in [-0.4, -0.2) is 47.8 Å². The van der Waals surface area contributed by atoms with E-state index in [-0.39, 0.29) is 11.8 Å². The molecule has 5 heteroatoms. The van der Waals surface area contributed by atoms with Gasteiger partial charge in [-0.15, -0.1) is 11.3 Å². The van der Waals surface area contributed by atoms with Gasteiger partial charge >= 0.3 is 0 Å². The minimum atomic E-state index is 0.0835. The summed E-state index contributed by atoms with van der Waals surface area (Å²) < 4.78 is 1.15. The first-order valence-corrected chi connectivity index (χ1v) is 7.92. The summed E-state index contributed by atoms with van der Waals surface area (Å²) in [4.78, 5) is 28.5. The van der Waals surface area contributed by atoms with E-state index >= 15 is 0 Å². The fourth-order valence-corrected chi connectivity index (χ4v) is 3.92. The molecule has 0 N–H and O–H groups in total. The average Bonchev–Trinajstić information content (AvgIpc) is 2.84.